The van der Waals surface area contributed by atoms with Crippen LogP contribution in [-0.4, -0.2) is 14.1 Å². The predicted molar refractivity (Wildman–Crippen MR) is 262 cm³/mol. The lowest BCUT2D eigenvalue weighted by Gasteiger charge is -2.12. The van der Waals surface area contributed by atoms with Gasteiger partial charge in [0.05, 0.1) is 22.1 Å². The lowest BCUT2D eigenvalue weighted by Crippen LogP contribution is -2.17. The Labute approximate surface area is 364 Å². The molecular weight excluding hydrogens is 767 g/mol. The number of hydrogen-bond donors (Lipinski definition) is 2. The molecule has 5 heteroatoms. The number of aromatic nitrogens is 3. The van der Waals surface area contributed by atoms with E-state index in [1.165, 1.54) is 65.6 Å². The average Bonchev–Trinajstić information content (AvgIpc) is 3.86. The average molecular weight is 808 g/mol. The zero-order chi connectivity index (χ0) is 41.9. The number of hydrogen-bond acceptors (Lipinski definition) is 2. The maximum absolute atomic E-state index is 6.84. The fourth-order valence-corrected chi connectivity index (χ4v) is 9.45. The molecule has 1 atom stereocenters. The van der Waals surface area contributed by atoms with Gasteiger partial charge in [-0.3, -0.25) is 0 Å². The van der Waals surface area contributed by atoms with Crippen molar-refractivity contribution in [1.29, 1.82) is 0 Å². The van der Waals surface area contributed by atoms with E-state index in [9.17, 15) is 0 Å². The van der Waals surface area contributed by atoms with Crippen LogP contribution in [0.5, 0.6) is 0 Å². The summed E-state index contributed by atoms with van der Waals surface area (Å²) in [5.74, 6) is 0. The first-order valence-electron chi connectivity index (χ1n) is 21.4. The quantitative estimate of drug-likeness (QED) is 0.165. The number of fused-ring (bicyclic) bond motifs is 7. The van der Waals surface area contributed by atoms with Gasteiger partial charge in [0, 0.05) is 44.7 Å². The second-order valence-corrected chi connectivity index (χ2v) is 16.2. The maximum Gasteiger partial charge on any atom is 0.134 e. The number of para-hydroxylation sites is 3. The van der Waals surface area contributed by atoms with Crippen LogP contribution in [0.4, 0.5) is 0 Å². The Hall–Kier alpha value is -8.25. The largest absolute Gasteiger partial charge is 0.346 e. The van der Waals surface area contributed by atoms with Crippen molar-refractivity contribution < 1.29 is 0 Å². The Kier molecular flexibility index (Phi) is 8.73. The minimum absolute atomic E-state index is 0.562. The van der Waals surface area contributed by atoms with Crippen molar-refractivity contribution in [2.24, 2.45) is 10.7 Å². The normalized spacial score (nSPS) is 12.6. The number of pyridine rings is 1. The molecule has 5 nitrogen and oxygen atoms in total. The van der Waals surface area contributed by atoms with E-state index in [4.69, 9.17) is 10.7 Å². The molecule has 0 bridgehead atoms. The first-order valence-corrected chi connectivity index (χ1v) is 21.4. The second-order valence-electron chi connectivity index (χ2n) is 16.2. The molecule has 0 amide bonds. The van der Waals surface area contributed by atoms with Crippen molar-refractivity contribution in [2.45, 2.75) is 6.17 Å². The summed E-state index contributed by atoms with van der Waals surface area (Å²) in [5, 5.41) is 7.39. The molecule has 0 saturated heterocycles. The Morgan fingerprint density at radius 2 is 0.889 bits per heavy atom. The summed E-state index contributed by atoms with van der Waals surface area (Å²) < 4.78 is 4.71. The van der Waals surface area contributed by atoms with Gasteiger partial charge in [-0.1, -0.05) is 140 Å². The summed E-state index contributed by atoms with van der Waals surface area (Å²) in [7, 11) is 0. The zero-order valence-corrected chi connectivity index (χ0v) is 34.4. The highest BCUT2D eigenvalue weighted by atomic mass is 15.0. The Morgan fingerprint density at radius 3 is 1.56 bits per heavy atom. The van der Waals surface area contributed by atoms with E-state index in [0.29, 0.717) is 0 Å². The van der Waals surface area contributed by atoms with Gasteiger partial charge in [0.15, 0.2) is 0 Å². The van der Waals surface area contributed by atoms with Gasteiger partial charge in [-0.15, -0.1) is 0 Å². The lowest BCUT2D eigenvalue weighted by atomic mass is 9.99. The Balaban J connectivity index is 0.862. The minimum Gasteiger partial charge on any atom is -0.346 e. The van der Waals surface area contributed by atoms with E-state index in [2.05, 4.69) is 226 Å². The smallest absolute Gasteiger partial charge is 0.134 e. The van der Waals surface area contributed by atoms with Gasteiger partial charge in [0.25, 0.3) is 0 Å². The molecule has 1 unspecified atom stereocenters. The molecule has 3 heterocycles. The zero-order valence-electron chi connectivity index (χ0n) is 34.4. The van der Waals surface area contributed by atoms with Crippen LogP contribution in [0, 0.1) is 0 Å². The lowest BCUT2D eigenvalue weighted by molar-refractivity contribution is 0.739. The molecule has 0 radical (unpaired) electrons. The van der Waals surface area contributed by atoms with Gasteiger partial charge in [-0.05, 0) is 123 Å². The number of nitrogens with one attached hydrogen (secondary N) is 1. The van der Waals surface area contributed by atoms with Gasteiger partial charge >= 0.3 is 0 Å². The van der Waals surface area contributed by atoms with Crippen molar-refractivity contribution in [3.63, 3.8) is 0 Å². The van der Waals surface area contributed by atoms with E-state index in [1.807, 2.05) is 12.3 Å². The summed E-state index contributed by atoms with van der Waals surface area (Å²) in [4.78, 5) is 8.38. The van der Waals surface area contributed by atoms with Crippen LogP contribution in [0.2, 0.25) is 0 Å². The number of nitrogens with zero attached hydrogens (tertiary/aromatic N) is 3. The number of H-pyrrole nitrogens is 1. The van der Waals surface area contributed by atoms with E-state index in [0.717, 1.165) is 44.6 Å². The van der Waals surface area contributed by atoms with E-state index < -0.39 is 6.17 Å². The molecule has 63 heavy (non-hydrogen) atoms. The number of rotatable bonds is 7. The second kappa shape index (κ2) is 15.0. The van der Waals surface area contributed by atoms with Crippen LogP contribution in [0.1, 0.15) is 11.7 Å². The molecule has 298 valence electrons. The molecule has 12 aromatic rings. The van der Waals surface area contributed by atoms with Crippen molar-refractivity contribution in [2.75, 3.05) is 0 Å². The molecule has 0 saturated carbocycles. The van der Waals surface area contributed by atoms with Gasteiger partial charge < -0.3 is 19.9 Å². The Morgan fingerprint density at radius 1 is 0.381 bits per heavy atom. The summed E-state index contributed by atoms with van der Waals surface area (Å²) >= 11 is 0. The van der Waals surface area contributed by atoms with E-state index >= 15 is 0 Å². The summed E-state index contributed by atoms with van der Waals surface area (Å²) in [6, 6.07) is 78.1. The molecular formula is C58H41N5. The van der Waals surface area contributed by atoms with Crippen molar-refractivity contribution in [3.8, 4) is 44.8 Å². The molecule has 12 rings (SSSR count). The molecule has 0 aliphatic rings. The summed E-state index contributed by atoms with van der Waals surface area (Å²) in [5.41, 5.74) is 22.3. The summed E-state index contributed by atoms with van der Waals surface area (Å²) in [6.45, 7) is 0. The third-order valence-electron chi connectivity index (χ3n) is 12.6. The molecule has 0 spiro atoms. The fraction of sp³-hybridized carbons (Fsp3) is 0.0172. The first-order chi connectivity index (χ1) is 31.1. The van der Waals surface area contributed by atoms with Gasteiger partial charge in [-0.25, -0.2) is 4.99 Å². The van der Waals surface area contributed by atoms with E-state index in [-0.39, 0.29) is 0 Å². The van der Waals surface area contributed by atoms with Crippen LogP contribution >= 0.6 is 0 Å². The number of aromatic amines is 1. The SMILES string of the molecule is NC(/N=c1\[nH]cccc1-c1ccc(-c2ccc3ccccc3c2)cc1)c1ccc(-n2c3ccccc3c3cc(-c4ccc5c(c4)c4ccccc4n5-c4ccccc4)ccc32)cc1. The third-order valence-corrected chi connectivity index (χ3v) is 12.6. The predicted octanol–water partition coefficient (Wildman–Crippen LogP) is 13.9. The highest BCUT2D eigenvalue weighted by molar-refractivity contribution is 6.12. The monoisotopic (exact) mass is 807 g/mol. The van der Waals surface area contributed by atoms with Gasteiger partial charge in [0.2, 0.25) is 0 Å². The standard InChI is InChI=1S/C58H41N5/c59-57(61-58-48(17-10-34-60-58)40-23-20-39(21-24-40)43-25-22-38-11-4-5-12-42(38)35-43)41-26-30-47(31-27-41)63-54-19-9-7-16-50(54)52-37-45(29-33-56(52)63)44-28-32-55-51(36-44)49-15-6-8-18-53(49)62(55)46-13-2-1-3-14-46/h1-37,57H,59H2,(H,60,61). The Bertz CT molecular complexity index is 3740. The molecule has 9 aromatic carbocycles. The molecule has 0 aliphatic heterocycles. The molecule has 0 fully saturated rings. The minimum atomic E-state index is -0.562. The van der Waals surface area contributed by atoms with Crippen molar-refractivity contribution >= 4 is 54.4 Å². The van der Waals surface area contributed by atoms with Crippen LogP contribution in [0.25, 0.3) is 99.1 Å². The molecule has 3 aromatic heterocycles. The third kappa shape index (κ3) is 6.33. The van der Waals surface area contributed by atoms with Crippen LogP contribution in [0.15, 0.2) is 230 Å². The van der Waals surface area contributed by atoms with Crippen LogP contribution in [-0.2, 0) is 0 Å². The van der Waals surface area contributed by atoms with Crippen LogP contribution < -0.4 is 11.2 Å². The number of benzene rings is 9. The van der Waals surface area contributed by atoms with E-state index in [1.54, 1.807) is 0 Å². The van der Waals surface area contributed by atoms with Crippen LogP contribution in [0.3, 0.4) is 0 Å². The van der Waals surface area contributed by atoms with Gasteiger partial charge in [-0.2, -0.15) is 0 Å². The molecule has 0 aliphatic carbocycles. The fourth-order valence-electron chi connectivity index (χ4n) is 9.45. The highest BCUT2D eigenvalue weighted by Gasteiger charge is 2.17. The maximum atomic E-state index is 6.84. The topological polar surface area (TPSA) is 64.0 Å². The van der Waals surface area contributed by atoms with Gasteiger partial charge in [0.1, 0.15) is 11.7 Å². The number of nitrogens with two attached hydrogens (primary N) is 1. The highest BCUT2D eigenvalue weighted by Crippen LogP contribution is 2.38. The summed E-state index contributed by atoms with van der Waals surface area (Å²) in [6.07, 6.45) is 1.34. The molecule has 3 N–H and O–H groups in total. The van der Waals surface area contributed by atoms with Crippen molar-refractivity contribution in [1.82, 2.24) is 14.1 Å². The first kappa shape index (κ1) is 36.6. The van der Waals surface area contributed by atoms with Crippen molar-refractivity contribution in [3.05, 3.63) is 236 Å².